The molecule has 0 saturated heterocycles. The molecule has 1 aromatic heterocycles. The second kappa shape index (κ2) is 6.83. The number of aromatic carboxylic acids is 1. The maximum Gasteiger partial charge on any atom is 0.335 e. The van der Waals surface area contributed by atoms with Crippen molar-refractivity contribution in [3.63, 3.8) is 0 Å². The average molecular weight is 356 g/mol. The minimum Gasteiger partial charge on any atom is -0.496 e. The Hall–Kier alpha value is -3.42. The van der Waals surface area contributed by atoms with Gasteiger partial charge in [0.1, 0.15) is 11.6 Å². The first-order valence-corrected chi connectivity index (χ1v) is 7.72. The smallest absolute Gasteiger partial charge is 0.335 e. The summed E-state index contributed by atoms with van der Waals surface area (Å²) in [6, 6.07) is 10.6. The minimum absolute atomic E-state index is 0.122. The summed E-state index contributed by atoms with van der Waals surface area (Å²) in [6.07, 6.45) is 0. The molecule has 0 unspecified atom stereocenters. The Balaban J connectivity index is 2.01. The number of carboxylic acids is 1. The highest BCUT2D eigenvalue weighted by Crippen LogP contribution is 2.32. The van der Waals surface area contributed by atoms with E-state index >= 15 is 0 Å². The largest absolute Gasteiger partial charge is 0.496 e. The minimum atomic E-state index is -1.04. The predicted molar refractivity (Wildman–Crippen MR) is 94.4 cm³/mol. The van der Waals surface area contributed by atoms with Crippen molar-refractivity contribution in [3.8, 4) is 17.1 Å². The molecule has 0 aliphatic heterocycles. The van der Waals surface area contributed by atoms with Gasteiger partial charge in [0.25, 0.3) is 0 Å². The maximum atomic E-state index is 13.1. The Morgan fingerprint density at radius 3 is 2.50 bits per heavy atom. The van der Waals surface area contributed by atoms with Crippen LogP contribution in [0.4, 0.5) is 16.0 Å². The van der Waals surface area contributed by atoms with Gasteiger partial charge in [0.05, 0.1) is 18.2 Å². The van der Waals surface area contributed by atoms with Crippen LogP contribution in [0.2, 0.25) is 0 Å². The monoisotopic (exact) mass is 356 g/mol. The fraction of sp³-hybridized carbons (Fsp3) is 0.167. The van der Waals surface area contributed by atoms with Crippen molar-refractivity contribution >= 4 is 17.6 Å². The van der Waals surface area contributed by atoms with Crippen LogP contribution < -0.4 is 9.64 Å². The van der Waals surface area contributed by atoms with Crippen molar-refractivity contribution in [1.29, 1.82) is 0 Å². The molecule has 0 saturated carbocycles. The van der Waals surface area contributed by atoms with Crippen LogP contribution >= 0.6 is 0 Å². The SMILES string of the molecule is COc1cc(C(=O)O)ccc1-c1nnc(N(C)c2ccc(F)cc2)n1C. The number of halogens is 1. The molecule has 1 heterocycles. The first kappa shape index (κ1) is 17.4. The fourth-order valence-corrected chi connectivity index (χ4v) is 2.64. The van der Waals surface area contributed by atoms with Crippen LogP contribution in [0.25, 0.3) is 11.4 Å². The summed E-state index contributed by atoms with van der Waals surface area (Å²) >= 11 is 0. The van der Waals surface area contributed by atoms with Gasteiger partial charge in [-0.3, -0.25) is 4.57 Å². The molecule has 26 heavy (non-hydrogen) atoms. The lowest BCUT2D eigenvalue weighted by Crippen LogP contribution is -2.14. The summed E-state index contributed by atoms with van der Waals surface area (Å²) in [5.41, 5.74) is 1.49. The molecule has 3 aromatic rings. The van der Waals surface area contributed by atoms with Crippen LogP contribution in [0.3, 0.4) is 0 Å². The molecule has 0 atom stereocenters. The van der Waals surface area contributed by atoms with Gasteiger partial charge < -0.3 is 14.7 Å². The van der Waals surface area contributed by atoms with E-state index in [9.17, 15) is 9.18 Å². The van der Waals surface area contributed by atoms with Crippen molar-refractivity contribution in [2.24, 2.45) is 7.05 Å². The third-order valence-corrected chi connectivity index (χ3v) is 4.06. The van der Waals surface area contributed by atoms with E-state index in [0.717, 1.165) is 5.69 Å². The average Bonchev–Trinajstić information content (AvgIpc) is 3.02. The number of nitrogens with zero attached hydrogens (tertiary/aromatic N) is 4. The zero-order chi connectivity index (χ0) is 18.8. The fourth-order valence-electron chi connectivity index (χ4n) is 2.64. The standard InChI is InChI=1S/C18H17FN4O3/c1-22(13-7-5-12(19)6-8-13)18-21-20-16(23(18)2)14-9-4-11(17(24)25)10-15(14)26-3/h4-10H,1-3H3,(H,24,25). The number of methoxy groups -OCH3 is 1. The Morgan fingerprint density at radius 2 is 1.88 bits per heavy atom. The molecule has 2 aromatic carbocycles. The van der Waals surface area contributed by atoms with Crippen LogP contribution in [0.1, 0.15) is 10.4 Å². The molecule has 3 rings (SSSR count). The second-order valence-corrected chi connectivity index (χ2v) is 5.64. The van der Waals surface area contributed by atoms with Crippen molar-refractivity contribution in [2.75, 3.05) is 19.1 Å². The van der Waals surface area contributed by atoms with Crippen LogP contribution in [0.5, 0.6) is 5.75 Å². The number of carbonyl (C=O) groups is 1. The quantitative estimate of drug-likeness (QED) is 0.757. The summed E-state index contributed by atoms with van der Waals surface area (Å²) in [5.74, 6) is 0.0868. The molecule has 7 nitrogen and oxygen atoms in total. The van der Waals surface area contributed by atoms with Gasteiger partial charge in [0.2, 0.25) is 5.95 Å². The van der Waals surface area contributed by atoms with Crippen LogP contribution in [-0.2, 0) is 7.05 Å². The van der Waals surface area contributed by atoms with E-state index in [4.69, 9.17) is 9.84 Å². The molecule has 0 amide bonds. The van der Waals surface area contributed by atoms with Crippen molar-refractivity contribution in [3.05, 3.63) is 53.8 Å². The number of rotatable bonds is 5. The molecule has 8 heteroatoms. The molecule has 0 bridgehead atoms. The van der Waals surface area contributed by atoms with Gasteiger partial charge in [0.15, 0.2) is 5.82 Å². The first-order chi connectivity index (χ1) is 12.4. The van der Waals surface area contributed by atoms with Gasteiger partial charge >= 0.3 is 5.97 Å². The van der Waals surface area contributed by atoms with Crippen molar-refractivity contribution < 1.29 is 19.0 Å². The molecule has 0 fully saturated rings. The predicted octanol–water partition coefficient (Wildman–Crippen LogP) is 3.10. The van der Waals surface area contributed by atoms with E-state index in [2.05, 4.69) is 10.2 Å². The van der Waals surface area contributed by atoms with Gasteiger partial charge in [-0.15, -0.1) is 10.2 Å². The highest BCUT2D eigenvalue weighted by atomic mass is 19.1. The third kappa shape index (κ3) is 3.08. The molecule has 1 N–H and O–H groups in total. The van der Waals surface area contributed by atoms with Gasteiger partial charge in [-0.05, 0) is 42.5 Å². The van der Waals surface area contributed by atoms with E-state index in [1.807, 2.05) is 0 Å². The Kier molecular flexibility index (Phi) is 4.57. The molecular formula is C18H17FN4O3. The first-order valence-electron chi connectivity index (χ1n) is 7.72. The number of anilines is 2. The number of carboxylic acid groups (broad SMARTS) is 1. The molecular weight excluding hydrogens is 339 g/mol. The van der Waals surface area contributed by atoms with Gasteiger partial charge in [-0.1, -0.05) is 0 Å². The Morgan fingerprint density at radius 1 is 1.19 bits per heavy atom. The van der Waals surface area contributed by atoms with E-state index in [1.165, 1.54) is 31.4 Å². The highest BCUT2D eigenvalue weighted by molar-refractivity contribution is 5.89. The number of aromatic nitrogens is 3. The van der Waals surface area contributed by atoms with Gasteiger partial charge in [0, 0.05) is 19.8 Å². The highest BCUT2D eigenvalue weighted by Gasteiger charge is 2.19. The van der Waals surface area contributed by atoms with Gasteiger partial charge in [-0.25, -0.2) is 9.18 Å². The van der Waals surface area contributed by atoms with Crippen LogP contribution in [0.15, 0.2) is 42.5 Å². The number of hydrogen-bond acceptors (Lipinski definition) is 5. The maximum absolute atomic E-state index is 13.1. The lowest BCUT2D eigenvalue weighted by atomic mass is 10.1. The Bertz CT molecular complexity index is 954. The normalized spacial score (nSPS) is 10.6. The topological polar surface area (TPSA) is 80.5 Å². The van der Waals surface area contributed by atoms with Crippen molar-refractivity contribution in [1.82, 2.24) is 14.8 Å². The van der Waals surface area contributed by atoms with E-state index in [0.29, 0.717) is 23.1 Å². The van der Waals surface area contributed by atoms with E-state index < -0.39 is 5.97 Å². The van der Waals surface area contributed by atoms with E-state index in [-0.39, 0.29) is 11.4 Å². The van der Waals surface area contributed by atoms with Gasteiger partial charge in [-0.2, -0.15) is 0 Å². The Labute approximate surface area is 149 Å². The number of benzene rings is 2. The lowest BCUT2D eigenvalue weighted by molar-refractivity contribution is 0.0696. The van der Waals surface area contributed by atoms with E-state index in [1.54, 1.807) is 41.8 Å². The zero-order valence-corrected chi connectivity index (χ0v) is 14.5. The summed E-state index contributed by atoms with van der Waals surface area (Å²) in [4.78, 5) is 12.9. The zero-order valence-electron chi connectivity index (χ0n) is 14.5. The summed E-state index contributed by atoms with van der Waals surface area (Å²) < 4.78 is 20.2. The number of ether oxygens (including phenoxy) is 1. The van der Waals surface area contributed by atoms with Crippen molar-refractivity contribution in [2.45, 2.75) is 0 Å². The molecule has 134 valence electrons. The molecule has 0 spiro atoms. The summed E-state index contributed by atoms with van der Waals surface area (Å²) in [5, 5.41) is 17.5. The molecule has 0 aliphatic rings. The summed E-state index contributed by atoms with van der Waals surface area (Å²) in [7, 11) is 5.05. The second-order valence-electron chi connectivity index (χ2n) is 5.64. The van der Waals surface area contributed by atoms with Crippen LogP contribution in [0, 0.1) is 5.82 Å². The molecule has 0 radical (unpaired) electrons. The molecule has 0 aliphatic carbocycles. The number of hydrogen-bond donors (Lipinski definition) is 1. The van der Waals surface area contributed by atoms with Crippen LogP contribution in [-0.4, -0.2) is 40.0 Å². The third-order valence-electron chi connectivity index (χ3n) is 4.06. The summed E-state index contributed by atoms with van der Waals surface area (Å²) in [6.45, 7) is 0. The lowest BCUT2D eigenvalue weighted by Gasteiger charge is -2.18.